The standard InChI is InChI=1S/C20H17ClN4O2S2/c1-11-17(28-12(2)23-11)19(26)25(10-13-6-4-5-9-22-13)20-24-16-15(27-3)8-7-14(21)18(16)29-20/h4-9H,10H2,1-3H3. The van der Waals surface area contributed by atoms with Gasteiger partial charge in [0.05, 0.1) is 39.8 Å². The molecule has 0 unspecified atom stereocenters. The number of pyridine rings is 1. The number of carbonyl (C=O) groups excluding carboxylic acids is 1. The molecule has 0 saturated carbocycles. The minimum Gasteiger partial charge on any atom is -0.494 e. The van der Waals surface area contributed by atoms with E-state index in [0.717, 1.165) is 15.4 Å². The Kier molecular flexibility index (Phi) is 5.49. The molecule has 0 spiro atoms. The maximum atomic E-state index is 13.5. The molecule has 4 rings (SSSR count). The van der Waals surface area contributed by atoms with Gasteiger partial charge in [-0.2, -0.15) is 0 Å². The number of halogens is 1. The number of amides is 1. The number of hydrogen-bond donors (Lipinski definition) is 0. The number of anilines is 1. The van der Waals surface area contributed by atoms with E-state index in [9.17, 15) is 4.79 Å². The number of fused-ring (bicyclic) bond motifs is 1. The van der Waals surface area contributed by atoms with Crippen LogP contribution in [0.15, 0.2) is 36.5 Å². The fraction of sp³-hybridized carbons (Fsp3) is 0.200. The number of ether oxygens (including phenoxy) is 1. The van der Waals surface area contributed by atoms with Gasteiger partial charge in [0.1, 0.15) is 16.1 Å². The molecule has 0 bridgehead atoms. The Hall–Kier alpha value is -2.55. The Morgan fingerprint density at radius 1 is 1.17 bits per heavy atom. The Morgan fingerprint density at radius 2 is 2.00 bits per heavy atom. The third-order valence-corrected chi connectivity index (χ3v) is 6.89. The average molecular weight is 445 g/mol. The third-order valence-electron chi connectivity index (χ3n) is 4.29. The molecule has 0 aliphatic carbocycles. The summed E-state index contributed by atoms with van der Waals surface area (Å²) in [6.07, 6.45) is 1.71. The zero-order chi connectivity index (χ0) is 20.5. The zero-order valence-corrected chi connectivity index (χ0v) is 18.4. The molecular weight excluding hydrogens is 428 g/mol. The summed E-state index contributed by atoms with van der Waals surface area (Å²) >= 11 is 9.11. The topological polar surface area (TPSA) is 68.2 Å². The van der Waals surface area contributed by atoms with Crippen LogP contribution in [0.3, 0.4) is 0 Å². The van der Waals surface area contributed by atoms with Gasteiger partial charge in [0, 0.05) is 6.20 Å². The van der Waals surface area contributed by atoms with Gasteiger partial charge in [0.2, 0.25) is 0 Å². The molecule has 3 heterocycles. The second-order valence-electron chi connectivity index (χ2n) is 6.28. The van der Waals surface area contributed by atoms with E-state index >= 15 is 0 Å². The molecule has 0 saturated heterocycles. The molecule has 0 fully saturated rings. The van der Waals surface area contributed by atoms with Crippen molar-refractivity contribution in [3.63, 3.8) is 0 Å². The second kappa shape index (κ2) is 8.06. The molecule has 29 heavy (non-hydrogen) atoms. The van der Waals surface area contributed by atoms with Crippen LogP contribution in [0.4, 0.5) is 5.13 Å². The molecule has 4 aromatic rings. The molecule has 9 heteroatoms. The lowest BCUT2D eigenvalue weighted by Gasteiger charge is -2.19. The van der Waals surface area contributed by atoms with Crippen molar-refractivity contribution >= 4 is 55.5 Å². The monoisotopic (exact) mass is 444 g/mol. The molecule has 0 aliphatic heterocycles. The van der Waals surface area contributed by atoms with Crippen molar-refractivity contribution in [2.24, 2.45) is 0 Å². The van der Waals surface area contributed by atoms with Crippen molar-refractivity contribution in [2.45, 2.75) is 20.4 Å². The summed E-state index contributed by atoms with van der Waals surface area (Å²) in [6.45, 7) is 4.02. The minimum absolute atomic E-state index is 0.159. The van der Waals surface area contributed by atoms with E-state index in [4.69, 9.17) is 21.3 Å². The number of benzene rings is 1. The largest absolute Gasteiger partial charge is 0.494 e. The van der Waals surface area contributed by atoms with E-state index in [-0.39, 0.29) is 12.5 Å². The van der Waals surface area contributed by atoms with Gasteiger partial charge in [0.15, 0.2) is 5.13 Å². The molecule has 0 radical (unpaired) electrons. The van der Waals surface area contributed by atoms with Crippen LogP contribution in [0.2, 0.25) is 5.02 Å². The molecule has 3 aromatic heterocycles. The van der Waals surface area contributed by atoms with E-state index in [1.165, 1.54) is 22.7 Å². The SMILES string of the molecule is COc1ccc(Cl)c2sc(N(Cc3ccccn3)C(=O)c3sc(C)nc3C)nc12. The summed E-state index contributed by atoms with van der Waals surface area (Å²) in [7, 11) is 1.59. The number of aromatic nitrogens is 3. The first-order chi connectivity index (χ1) is 14.0. The van der Waals surface area contributed by atoms with Gasteiger partial charge in [-0.25, -0.2) is 9.97 Å². The van der Waals surface area contributed by atoms with Crippen LogP contribution in [0.5, 0.6) is 5.75 Å². The van der Waals surface area contributed by atoms with E-state index < -0.39 is 0 Å². The van der Waals surface area contributed by atoms with Crippen molar-refractivity contribution in [1.29, 1.82) is 0 Å². The van der Waals surface area contributed by atoms with Crippen molar-refractivity contribution in [1.82, 2.24) is 15.0 Å². The summed E-state index contributed by atoms with van der Waals surface area (Å²) in [5.41, 5.74) is 2.10. The second-order valence-corrected chi connectivity index (χ2v) is 8.87. The Balaban J connectivity index is 1.84. The van der Waals surface area contributed by atoms with Crippen LogP contribution in [-0.4, -0.2) is 28.0 Å². The van der Waals surface area contributed by atoms with Crippen LogP contribution in [-0.2, 0) is 6.54 Å². The number of carbonyl (C=O) groups is 1. The Labute approximate surface area is 180 Å². The Morgan fingerprint density at radius 3 is 2.66 bits per heavy atom. The lowest BCUT2D eigenvalue weighted by Crippen LogP contribution is -2.30. The van der Waals surface area contributed by atoms with Crippen molar-refractivity contribution in [2.75, 3.05) is 12.0 Å². The van der Waals surface area contributed by atoms with Crippen LogP contribution < -0.4 is 9.64 Å². The molecular formula is C20H17ClN4O2S2. The summed E-state index contributed by atoms with van der Waals surface area (Å²) in [5.74, 6) is 0.454. The smallest absolute Gasteiger partial charge is 0.272 e. The van der Waals surface area contributed by atoms with E-state index in [1.54, 1.807) is 30.3 Å². The van der Waals surface area contributed by atoms with Gasteiger partial charge in [-0.3, -0.25) is 14.7 Å². The van der Waals surface area contributed by atoms with Gasteiger partial charge >= 0.3 is 0 Å². The van der Waals surface area contributed by atoms with Crippen LogP contribution in [0.1, 0.15) is 26.1 Å². The van der Waals surface area contributed by atoms with Gasteiger partial charge in [0.25, 0.3) is 5.91 Å². The average Bonchev–Trinajstić information content (AvgIpc) is 3.30. The number of nitrogens with zero attached hydrogens (tertiary/aromatic N) is 4. The zero-order valence-electron chi connectivity index (χ0n) is 16.0. The van der Waals surface area contributed by atoms with Gasteiger partial charge in [-0.1, -0.05) is 29.0 Å². The molecule has 0 N–H and O–H groups in total. The Bertz CT molecular complexity index is 1190. The first kappa shape index (κ1) is 19.8. The van der Waals surface area contributed by atoms with Crippen molar-refractivity contribution < 1.29 is 9.53 Å². The molecule has 6 nitrogen and oxygen atoms in total. The minimum atomic E-state index is -0.159. The lowest BCUT2D eigenvalue weighted by atomic mass is 10.3. The molecule has 148 valence electrons. The van der Waals surface area contributed by atoms with Crippen molar-refractivity contribution in [3.8, 4) is 5.75 Å². The van der Waals surface area contributed by atoms with Crippen LogP contribution in [0, 0.1) is 13.8 Å². The number of methoxy groups -OCH3 is 1. The first-order valence-electron chi connectivity index (χ1n) is 8.76. The lowest BCUT2D eigenvalue weighted by molar-refractivity contribution is 0.0988. The van der Waals surface area contributed by atoms with Crippen LogP contribution >= 0.6 is 34.3 Å². The van der Waals surface area contributed by atoms with Crippen molar-refractivity contribution in [3.05, 3.63) is 62.8 Å². The number of rotatable bonds is 5. The fourth-order valence-corrected chi connectivity index (χ4v) is 5.08. The highest BCUT2D eigenvalue weighted by Gasteiger charge is 2.26. The van der Waals surface area contributed by atoms with E-state index in [0.29, 0.717) is 32.0 Å². The summed E-state index contributed by atoms with van der Waals surface area (Å²) < 4.78 is 6.20. The summed E-state index contributed by atoms with van der Waals surface area (Å²) in [5, 5.41) is 1.95. The fourth-order valence-electron chi connectivity index (χ4n) is 2.95. The number of hydrogen-bond acceptors (Lipinski definition) is 7. The van der Waals surface area contributed by atoms with Gasteiger partial charge < -0.3 is 4.74 Å². The molecule has 0 aliphatic rings. The quantitative estimate of drug-likeness (QED) is 0.419. The summed E-state index contributed by atoms with van der Waals surface area (Å²) in [4.78, 5) is 29.2. The summed E-state index contributed by atoms with van der Waals surface area (Å²) in [6, 6.07) is 9.16. The number of aryl methyl sites for hydroxylation is 2. The maximum Gasteiger partial charge on any atom is 0.272 e. The van der Waals surface area contributed by atoms with Gasteiger partial charge in [-0.15, -0.1) is 11.3 Å². The maximum absolute atomic E-state index is 13.5. The predicted molar refractivity (Wildman–Crippen MR) is 118 cm³/mol. The van der Waals surface area contributed by atoms with E-state index in [1.807, 2.05) is 32.0 Å². The number of thiazole rings is 2. The third kappa shape index (κ3) is 3.83. The predicted octanol–water partition coefficient (Wildman–Crippen LogP) is 5.27. The highest BCUT2D eigenvalue weighted by molar-refractivity contribution is 7.23. The van der Waals surface area contributed by atoms with E-state index in [2.05, 4.69) is 9.97 Å². The van der Waals surface area contributed by atoms with Gasteiger partial charge in [-0.05, 0) is 38.1 Å². The normalized spacial score (nSPS) is 11.0. The molecule has 0 atom stereocenters. The molecule has 1 amide bonds. The van der Waals surface area contributed by atoms with Crippen LogP contribution in [0.25, 0.3) is 10.2 Å². The first-order valence-corrected chi connectivity index (χ1v) is 10.8. The molecule has 1 aromatic carbocycles. The highest BCUT2D eigenvalue weighted by atomic mass is 35.5. The highest BCUT2D eigenvalue weighted by Crippen LogP contribution is 2.39.